The van der Waals surface area contributed by atoms with E-state index < -0.39 is 0 Å². The third-order valence-corrected chi connectivity index (χ3v) is 3.26. The zero-order chi connectivity index (χ0) is 15.2. The van der Waals surface area contributed by atoms with E-state index in [1.807, 2.05) is 29.9 Å². The molecular formula is C16H23N3O2. The summed E-state index contributed by atoms with van der Waals surface area (Å²) >= 11 is 0. The van der Waals surface area contributed by atoms with Gasteiger partial charge in [0.25, 0.3) is 0 Å². The van der Waals surface area contributed by atoms with Crippen LogP contribution in [0.1, 0.15) is 25.1 Å². The summed E-state index contributed by atoms with van der Waals surface area (Å²) < 4.78 is 13.4. The predicted molar refractivity (Wildman–Crippen MR) is 82.5 cm³/mol. The van der Waals surface area contributed by atoms with Crippen molar-refractivity contribution in [2.75, 3.05) is 7.11 Å². The van der Waals surface area contributed by atoms with E-state index >= 15 is 0 Å². The van der Waals surface area contributed by atoms with Crippen LogP contribution in [-0.4, -0.2) is 22.7 Å². The van der Waals surface area contributed by atoms with Gasteiger partial charge in [-0.05, 0) is 6.07 Å². The molecule has 0 atom stereocenters. The summed E-state index contributed by atoms with van der Waals surface area (Å²) in [5.74, 6) is 1.54. The van der Waals surface area contributed by atoms with Gasteiger partial charge in [0.05, 0.1) is 25.3 Å². The third kappa shape index (κ3) is 3.98. The van der Waals surface area contributed by atoms with Gasteiger partial charge >= 0.3 is 0 Å². The molecule has 2 rings (SSSR count). The number of rotatable bonds is 7. The number of aromatic nitrogens is 2. The quantitative estimate of drug-likeness (QED) is 0.851. The van der Waals surface area contributed by atoms with Crippen molar-refractivity contribution in [2.24, 2.45) is 7.05 Å². The predicted octanol–water partition coefficient (Wildman–Crippen LogP) is 2.51. The van der Waals surface area contributed by atoms with Crippen molar-refractivity contribution in [3.63, 3.8) is 0 Å². The van der Waals surface area contributed by atoms with Gasteiger partial charge in [-0.1, -0.05) is 26.0 Å². The fourth-order valence-electron chi connectivity index (χ4n) is 2.01. The first kappa shape index (κ1) is 15.4. The molecule has 0 aliphatic heterocycles. The summed E-state index contributed by atoms with van der Waals surface area (Å²) in [6, 6.07) is 6.36. The molecule has 0 aliphatic carbocycles. The molecule has 21 heavy (non-hydrogen) atoms. The van der Waals surface area contributed by atoms with Gasteiger partial charge in [0.15, 0.2) is 11.5 Å². The van der Waals surface area contributed by atoms with Crippen LogP contribution in [0.15, 0.2) is 30.7 Å². The fourth-order valence-corrected chi connectivity index (χ4v) is 2.01. The van der Waals surface area contributed by atoms with Crippen LogP contribution in [0.5, 0.6) is 11.5 Å². The van der Waals surface area contributed by atoms with E-state index in [1.165, 1.54) is 0 Å². The summed E-state index contributed by atoms with van der Waals surface area (Å²) in [4.78, 5) is 4.10. The molecule has 0 spiro atoms. The Hall–Kier alpha value is -2.01. The molecule has 114 valence electrons. The van der Waals surface area contributed by atoms with Crippen molar-refractivity contribution < 1.29 is 9.47 Å². The normalized spacial score (nSPS) is 10.9. The molecule has 1 aromatic heterocycles. The van der Waals surface area contributed by atoms with E-state index in [0.29, 0.717) is 12.6 Å². The van der Waals surface area contributed by atoms with Gasteiger partial charge < -0.3 is 19.4 Å². The molecular weight excluding hydrogens is 266 g/mol. The highest BCUT2D eigenvalue weighted by Gasteiger charge is 2.12. The van der Waals surface area contributed by atoms with Gasteiger partial charge in [-0.15, -0.1) is 0 Å². The minimum absolute atomic E-state index is 0.418. The Labute approximate surface area is 125 Å². The maximum atomic E-state index is 5.99. The zero-order valence-corrected chi connectivity index (χ0v) is 13.1. The monoisotopic (exact) mass is 289 g/mol. The molecule has 5 heteroatoms. The topological polar surface area (TPSA) is 48.3 Å². The molecule has 2 aromatic rings. The first-order valence-electron chi connectivity index (χ1n) is 7.09. The van der Waals surface area contributed by atoms with Crippen LogP contribution >= 0.6 is 0 Å². The van der Waals surface area contributed by atoms with Gasteiger partial charge in [-0.3, -0.25) is 0 Å². The number of hydrogen-bond acceptors (Lipinski definition) is 4. The van der Waals surface area contributed by atoms with E-state index in [0.717, 1.165) is 29.3 Å². The summed E-state index contributed by atoms with van der Waals surface area (Å²) in [5, 5.41) is 3.40. The molecule has 0 amide bonds. The van der Waals surface area contributed by atoms with Gasteiger partial charge in [-0.2, -0.15) is 0 Å². The Morgan fingerprint density at radius 2 is 2.14 bits per heavy atom. The number of imidazole rings is 1. The second-order valence-corrected chi connectivity index (χ2v) is 5.27. The first-order valence-corrected chi connectivity index (χ1v) is 7.09. The second kappa shape index (κ2) is 7.13. The summed E-state index contributed by atoms with van der Waals surface area (Å²) in [5.41, 5.74) is 2.11. The van der Waals surface area contributed by atoms with Crippen molar-refractivity contribution in [3.8, 4) is 11.5 Å². The number of nitrogens with zero attached hydrogens (tertiary/aromatic N) is 2. The van der Waals surface area contributed by atoms with Gasteiger partial charge in [0.2, 0.25) is 0 Å². The van der Waals surface area contributed by atoms with Gasteiger partial charge in [-0.25, -0.2) is 4.98 Å². The van der Waals surface area contributed by atoms with Crippen LogP contribution in [0.4, 0.5) is 0 Å². The van der Waals surface area contributed by atoms with Crippen molar-refractivity contribution in [2.45, 2.75) is 33.0 Å². The largest absolute Gasteiger partial charge is 0.493 e. The van der Waals surface area contributed by atoms with Gasteiger partial charge in [0.1, 0.15) is 6.61 Å². The highest BCUT2D eigenvalue weighted by molar-refractivity contribution is 5.46. The number of nitrogens with one attached hydrogen (secondary N) is 1. The summed E-state index contributed by atoms with van der Waals surface area (Å²) in [6.07, 6.45) is 3.57. The number of benzene rings is 1. The van der Waals surface area contributed by atoms with Crippen LogP contribution in [0.25, 0.3) is 0 Å². The number of methoxy groups -OCH3 is 1. The van der Waals surface area contributed by atoms with E-state index in [9.17, 15) is 0 Å². The Morgan fingerprint density at radius 1 is 1.33 bits per heavy atom. The Balaban J connectivity index is 2.16. The number of aryl methyl sites for hydroxylation is 1. The van der Waals surface area contributed by atoms with Crippen molar-refractivity contribution in [1.29, 1.82) is 0 Å². The SMILES string of the molecule is COc1cccc(CNC(C)C)c1OCc1cncn1C. The van der Waals surface area contributed by atoms with E-state index in [2.05, 4.69) is 30.2 Å². The molecule has 0 fully saturated rings. The Morgan fingerprint density at radius 3 is 2.76 bits per heavy atom. The molecule has 1 aromatic carbocycles. The fraction of sp³-hybridized carbons (Fsp3) is 0.438. The molecule has 0 saturated carbocycles. The minimum atomic E-state index is 0.418. The highest BCUT2D eigenvalue weighted by atomic mass is 16.5. The lowest BCUT2D eigenvalue weighted by Crippen LogP contribution is -2.22. The average Bonchev–Trinajstić information content (AvgIpc) is 2.88. The molecule has 1 N–H and O–H groups in total. The molecule has 0 unspecified atom stereocenters. The number of hydrogen-bond donors (Lipinski definition) is 1. The number of para-hydroxylation sites is 1. The second-order valence-electron chi connectivity index (χ2n) is 5.27. The standard InChI is InChI=1S/C16H23N3O2/c1-12(2)18-8-13-6-5-7-15(20-4)16(13)21-10-14-9-17-11-19(14)3/h5-7,9,11-12,18H,8,10H2,1-4H3. The van der Waals surface area contributed by atoms with Crippen LogP contribution in [0.3, 0.4) is 0 Å². The van der Waals surface area contributed by atoms with Crippen molar-refractivity contribution >= 4 is 0 Å². The van der Waals surface area contributed by atoms with Crippen LogP contribution < -0.4 is 14.8 Å². The van der Waals surface area contributed by atoms with Gasteiger partial charge in [0, 0.05) is 25.2 Å². The molecule has 0 saturated heterocycles. The lowest BCUT2D eigenvalue weighted by molar-refractivity contribution is 0.273. The molecule has 0 aliphatic rings. The Kier molecular flexibility index (Phi) is 5.22. The van der Waals surface area contributed by atoms with Crippen LogP contribution in [-0.2, 0) is 20.2 Å². The summed E-state index contributed by atoms with van der Waals surface area (Å²) in [6.45, 7) is 5.45. The van der Waals surface area contributed by atoms with Crippen molar-refractivity contribution in [1.82, 2.24) is 14.9 Å². The third-order valence-electron chi connectivity index (χ3n) is 3.26. The smallest absolute Gasteiger partial charge is 0.166 e. The lowest BCUT2D eigenvalue weighted by atomic mass is 10.1. The van der Waals surface area contributed by atoms with E-state index in [1.54, 1.807) is 13.4 Å². The molecule has 0 radical (unpaired) electrons. The summed E-state index contributed by atoms with van der Waals surface area (Å²) in [7, 11) is 3.61. The zero-order valence-electron chi connectivity index (χ0n) is 13.1. The molecule has 5 nitrogen and oxygen atoms in total. The highest BCUT2D eigenvalue weighted by Crippen LogP contribution is 2.31. The first-order chi connectivity index (χ1) is 10.1. The van der Waals surface area contributed by atoms with E-state index in [4.69, 9.17) is 9.47 Å². The maximum absolute atomic E-state index is 5.99. The van der Waals surface area contributed by atoms with Crippen molar-refractivity contribution in [3.05, 3.63) is 42.0 Å². The number of ether oxygens (including phenoxy) is 2. The molecule has 0 bridgehead atoms. The van der Waals surface area contributed by atoms with Crippen LogP contribution in [0, 0.1) is 0 Å². The van der Waals surface area contributed by atoms with E-state index in [-0.39, 0.29) is 0 Å². The Bertz CT molecular complexity index is 579. The van der Waals surface area contributed by atoms with Crippen LogP contribution in [0.2, 0.25) is 0 Å². The molecule has 1 heterocycles. The lowest BCUT2D eigenvalue weighted by Gasteiger charge is -2.16. The average molecular weight is 289 g/mol. The minimum Gasteiger partial charge on any atom is -0.493 e. The maximum Gasteiger partial charge on any atom is 0.166 e.